The highest BCUT2D eigenvalue weighted by Crippen LogP contribution is 2.45. The SMILES string of the molecule is CC(C)C1COC(=O)N1C(=O)[C@H]1CN(Cc2ccccc2)C[C@@H]1C1CC1. The number of carbonyl (C=O) groups excluding carboxylic acids is 2. The lowest BCUT2D eigenvalue weighted by Crippen LogP contribution is -2.46. The molecule has 3 atom stereocenters. The molecule has 5 nitrogen and oxygen atoms in total. The Balaban J connectivity index is 1.50. The Morgan fingerprint density at radius 2 is 1.92 bits per heavy atom. The van der Waals surface area contributed by atoms with Gasteiger partial charge in [0.15, 0.2) is 0 Å². The molecule has 26 heavy (non-hydrogen) atoms. The molecule has 2 amide bonds. The van der Waals surface area contributed by atoms with Gasteiger partial charge in [-0.15, -0.1) is 0 Å². The van der Waals surface area contributed by atoms with E-state index in [1.54, 1.807) is 0 Å². The summed E-state index contributed by atoms with van der Waals surface area (Å²) in [5.74, 6) is 1.12. The molecule has 3 aliphatic rings. The van der Waals surface area contributed by atoms with Gasteiger partial charge in [-0.2, -0.15) is 0 Å². The largest absolute Gasteiger partial charge is 0.447 e. The number of likely N-dealkylation sites (tertiary alicyclic amines) is 1. The third-order valence-corrected chi connectivity index (χ3v) is 6.15. The number of hydrogen-bond donors (Lipinski definition) is 0. The van der Waals surface area contributed by atoms with Crippen molar-refractivity contribution in [2.75, 3.05) is 19.7 Å². The van der Waals surface area contributed by atoms with Gasteiger partial charge in [0.2, 0.25) is 5.91 Å². The van der Waals surface area contributed by atoms with E-state index in [4.69, 9.17) is 4.74 Å². The van der Waals surface area contributed by atoms with Crippen molar-refractivity contribution in [2.45, 2.75) is 39.3 Å². The molecule has 4 rings (SSSR count). The number of benzene rings is 1. The van der Waals surface area contributed by atoms with Crippen LogP contribution in [0.25, 0.3) is 0 Å². The minimum atomic E-state index is -0.454. The molecule has 1 saturated carbocycles. The van der Waals surface area contributed by atoms with Crippen LogP contribution in [-0.4, -0.2) is 47.5 Å². The van der Waals surface area contributed by atoms with Crippen molar-refractivity contribution < 1.29 is 14.3 Å². The number of cyclic esters (lactones) is 1. The predicted molar refractivity (Wildman–Crippen MR) is 98.2 cm³/mol. The van der Waals surface area contributed by atoms with Crippen molar-refractivity contribution in [3.05, 3.63) is 35.9 Å². The maximum atomic E-state index is 13.3. The van der Waals surface area contributed by atoms with Crippen LogP contribution < -0.4 is 0 Å². The van der Waals surface area contributed by atoms with Gasteiger partial charge in [0.25, 0.3) is 0 Å². The second kappa shape index (κ2) is 7.03. The number of rotatable bonds is 5. The average molecular weight is 356 g/mol. The maximum Gasteiger partial charge on any atom is 0.416 e. The van der Waals surface area contributed by atoms with E-state index >= 15 is 0 Å². The van der Waals surface area contributed by atoms with Crippen LogP contribution in [-0.2, 0) is 16.1 Å². The summed E-state index contributed by atoms with van der Waals surface area (Å²) in [6.07, 6.45) is 1.97. The van der Waals surface area contributed by atoms with Gasteiger partial charge in [-0.25, -0.2) is 9.69 Å². The Labute approximate surface area is 155 Å². The maximum absolute atomic E-state index is 13.3. The first-order valence-corrected chi connectivity index (χ1v) is 9.80. The van der Waals surface area contributed by atoms with Gasteiger partial charge < -0.3 is 4.74 Å². The van der Waals surface area contributed by atoms with E-state index in [1.165, 1.54) is 23.3 Å². The van der Waals surface area contributed by atoms with E-state index in [9.17, 15) is 9.59 Å². The molecular formula is C21H28N2O3. The zero-order valence-corrected chi connectivity index (χ0v) is 15.6. The minimum Gasteiger partial charge on any atom is -0.447 e. The van der Waals surface area contributed by atoms with E-state index in [0.717, 1.165) is 19.6 Å². The van der Waals surface area contributed by atoms with Gasteiger partial charge in [0, 0.05) is 19.6 Å². The standard InChI is InChI=1S/C21H28N2O3/c1-14(2)19-13-26-21(25)23(19)20(24)18-12-22(11-17(18)16-8-9-16)10-15-6-4-3-5-7-15/h3-7,14,16-19H,8-13H2,1-2H3/t17-,18+,19?/m1/s1. The molecule has 5 heteroatoms. The summed E-state index contributed by atoms with van der Waals surface area (Å²) in [5.41, 5.74) is 1.27. The first kappa shape index (κ1) is 17.5. The lowest BCUT2D eigenvalue weighted by molar-refractivity contribution is -0.135. The van der Waals surface area contributed by atoms with Gasteiger partial charge in [-0.3, -0.25) is 9.69 Å². The van der Waals surface area contributed by atoms with E-state index in [2.05, 4.69) is 29.2 Å². The molecule has 1 aromatic carbocycles. The normalized spacial score (nSPS) is 29.4. The topological polar surface area (TPSA) is 49.9 Å². The number of hydrogen-bond acceptors (Lipinski definition) is 4. The molecule has 140 valence electrons. The summed E-state index contributed by atoms with van der Waals surface area (Å²) in [4.78, 5) is 29.3. The predicted octanol–water partition coefficient (Wildman–Crippen LogP) is 3.15. The molecule has 3 fully saturated rings. The van der Waals surface area contributed by atoms with E-state index < -0.39 is 6.09 Å². The number of nitrogens with zero attached hydrogens (tertiary/aromatic N) is 2. The van der Waals surface area contributed by atoms with Crippen molar-refractivity contribution in [1.29, 1.82) is 0 Å². The van der Waals surface area contributed by atoms with Gasteiger partial charge >= 0.3 is 6.09 Å². The fourth-order valence-corrected chi connectivity index (χ4v) is 4.51. The summed E-state index contributed by atoms with van der Waals surface area (Å²) >= 11 is 0. The smallest absolute Gasteiger partial charge is 0.416 e. The van der Waals surface area contributed by atoms with Gasteiger partial charge in [0.1, 0.15) is 6.61 Å². The fourth-order valence-electron chi connectivity index (χ4n) is 4.51. The molecule has 1 aliphatic carbocycles. The second-order valence-electron chi connectivity index (χ2n) is 8.38. The fraction of sp³-hybridized carbons (Fsp3) is 0.619. The van der Waals surface area contributed by atoms with Crippen LogP contribution in [0.5, 0.6) is 0 Å². The van der Waals surface area contributed by atoms with Crippen LogP contribution in [0.2, 0.25) is 0 Å². The molecule has 0 spiro atoms. The number of imide groups is 1. The zero-order chi connectivity index (χ0) is 18.3. The average Bonchev–Trinajstić information content (AvgIpc) is 3.27. The molecule has 1 aromatic rings. The number of carbonyl (C=O) groups is 2. The molecule has 0 bridgehead atoms. The first-order valence-electron chi connectivity index (χ1n) is 9.80. The molecular weight excluding hydrogens is 328 g/mol. The van der Waals surface area contributed by atoms with Crippen LogP contribution >= 0.6 is 0 Å². The summed E-state index contributed by atoms with van der Waals surface area (Å²) < 4.78 is 5.21. The van der Waals surface area contributed by atoms with Gasteiger partial charge in [-0.1, -0.05) is 44.2 Å². The van der Waals surface area contributed by atoms with Crippen molar-refractivity contribution in [1.82, 2.24) is 9.80 Å². The Morgan fingerprint density at radius 3 is 2.58 bits per heavy atom. The molecule has 0 radical (unpaired) electrons. The summed E-state index contributed by atoms with van der Waals surface area (Å²) in [7, 11) is 0. The monoisotopic (exact) mass is 356 g/mol. The van der Waals surface area contributed by atoms with Crippen LogP contribution in [0.3, 0.4) is 0 Å². The van der Waals surface area contributed by atoms with Gasteiger partial charge in [-0.05, 0) is 36.2 Å². The molecule has 0 N–H and O–H groups in total. The molecule has 1 unspecified atom stereocenters. The number of ether oxygens (including phenoxy) is 1. The third kappa shape index (κ3) is 3.37. The van der Waals surface area contributed by atoms with Crippen molar-refractivity contribution >= 4 is 12.0 Å². The van der Waals surface area contributed by atoms with E-state index in [1.807, 2.05) is 19.9 Å². The summed E-state index contributed by atoms with van der Waals surface area (Å²) in [5, 5.41) is 0. The van der Waals surface area contributed by atoms with Crippen LogP contribution in [0, 0.1) is 23.7 Å². The summed E-state index contributed by atoms with van der Waals surface area (Å²) in [6, 6.07) is 10.3. The van der Waals surface area contributed by atoms with Crippen molar-refractivity contribution in [2.24, 2.45) is 23.7 Å². The lowest BCUT2D eigenvalue weighted by atomic mass is 9.89. The quantitative estimate of drug-likeness (QED) is 0.813. The number of amides is 2. The Bertz CT molecular complexity index is 671. The second-order valence-corrected chi connectivity index (χ2v) is 8.38. The molecule has 0 aromatic heterocycles. The molecule has 2 aliphatic heterocycles. The van der Waals surface area contributed by atoms with Crippen LogP contribution in [0.1, 0.15) is 32.3 Å². The Morgan fingerprint density at radius 1 is 1.19 bits per heavy atom. The highest BCUT2D eigenvalue weighted by atomic mass is 16.6. The van der Waals surface area contributed by atoms with Crippen molar-refractivity contribution in [3.8, 4) is 0 Å². The first-order chi connectivity index (χ1) is 12.5. The van der Waals surface area contributed by atoms with Crippen molar-refractivity contribution in [3.63, 3.8) is 0 Å². The highest BCUT2D eigenvalue weighted by Gasteiger charge is 2.50. The molecule has 2 heterocycles. The zero-order valence-electron chi connectivity index (χ0n) is 15.6. The third-order valence-electron chi connectivity index (χ3n) is 6.15. The Kier molecular flexibility index (Phi) is 4.74. The molecule has 2 saturated heterocycles. The van der Waals surface area contributed by atoms with E-state index in [0.29, 0.717) is 18.4 Å². The Hall–Kier alpha value is -1.88. The van der Waals surface area contributed by atoms with Crippen LogP contribution in [0.15, 0.2) is 30.3 Å². The minimum absolute atomic E-state index is 0.0151. The van der Waals surface area contributed by atoms with Crippen LogP contribution in [0.4, 0.5) is 4.79 Å². The van der Waals surface area contributed by atoms with Gasteiger partial charge in [0.05, 0.1) is 12.0 Å². The van der Waals surface area contributed by atoms with E-state index in [-0.39, 0.29) is 23.8 Å². The summed E-state index contributed by atoms with van der Waals surface area (Å²) in [6.45, 7) is 6.97. The highest BCUT2D eigenvalue weighted by molar-refractivity contribution is 5.95. The lowest BCUT2D eigenvalue weighted by Gasteiger charge is -2.27.